The molecule has 0 amide bonds. The summed E-state index contributed by atoms with van der Waals surface area (Å²) >= 11 is 1.55. The number of para-hydroxylation sites is 2. The predicted octanol–water partition coefficient (Wildman–Crippen LogP) is 5.68. The molecule has 0 aliphatic carbocycles. The van der Waals surface area contributed by atoms with Crippen molar-refractivity contribution in [3.05, 3.63) is 77.8 Å². The zero-order valence-electron chi connectivity index (χ0n) is 14.1. The van der Waals surface area contributed by atoms with Gasteiger partial charge in [-0.25, -0.2) is 4.98 Å². The average Bonchev–Trinajstić information content (AvgIpc) is 3.28. The number of imidazole rings is 1. The van der Waals surface area contributed by atoms with Gasteiger partial charge in [0.1, 0.15) is 17.7 Å². The number of nitriles is 1. The van der Waals surface area contributed by atoms with Crippen molar-refractivity contribution >= 4 is 34.4 Å². The van der Waals surface area contributed by atoms with Gasteiger partial charge in [0.2, 0.25) is 0 Å². The first-order valence-corrected chi connectivity index (χ1v) is 8.94. The van der Waals surface area contributed by atoms with Gasteiger partial charge < -0.3 is 9.40 Å². The van der Waals surface area contributed by atoms with Gasteiger partial charge in [0, 0.05) is 11.0 Å². The minimum absolute atomic E-state index is 0.433. The third-order valence-corrected chi connectivity index (χ3v) is 4.82. The third kappa shape index (κ3) is 3.41. The number of aromatic amines is 1. The lowest BCUT2D eigenvalue weighted by molar-refractivity contribution is 0.466. The Hall–Kier alpha value is -3.23. The van der Waals surface area contributed by atoms with E-state index < -0.39 is 0 Å². The van der Waals surface area contributed by atoms with Crippen molar-refractivity contribution < 1.29 is 4.42 Å². The van der Waals surface area contributed by atoms with E-state index in [0.717, 1.165) is 21.0 Å². The van der Waals surface area contributed by atoms with E-state index in [9.17, 15) is 5.26 Å². The number of nitrogens with zero attached hydrogens (tertiary/aromatic N) is 2. The fourth-order valence-electron chi connectivity index (χ4n) is 2.57. The summed E-state index contributed by atoms with van der Waals surface area (Å²) in [4.78, 5) is 8.75. The predicted molar refractivity (Wildman–Crippen MR) is 104 cm³/mol. The van der Waals surface area contributed by atoms with E-state index in [1.807, 2.05) is 36.4 Å². The molecule has 0 radical (unpaired) electrons. The van der Waals surface area contributed by atoms with Crippen LogP contribution in [0.25, 0.3) is 22.7 Å². The van der Waals surface area contributed by atoms with Crippen molar-refractivity contribution in [1.82, 2.24) is 9.97 Å². The largest absolute Gasteiger partial charge is 0.450 e. The van der Waals surface area contributed by atoms with Crippen LogP contribution < -0.4 is 0 Å². The monoisotopic (exact) mass is 357 g/mol. The molecule has 0 saturated heterocycles. The van der Waals surface area contributed by atoms with Crippen molar-refractivity contribution in [1.29, 1.82) is 5.26 Å². The number of hydrogen-bond donors (Lipinski definition) is 1. The first-order valence-electron chi connectivity index (χ1n) is 8.12. The van der Waals surface area contributed by atoms with Crippen LogP contribution in [0.2, 0.25) is 0 Å². The topological polar surface area (TPSA) is 65.6 Å². The summed E-state index contributed by atoms with van der Waals surface area (Å²) in [5.41, 5.74) is 3.39. The fraction of sp³-hybridized carbons (Fsp3) is 0.0476. The standard InChI is InChI=1S/C21H15N3OS/c1-14-6-9-17(10-7-14)26-20-11-8-16(25-20)12-15(13-22)21-23-18-4-2-3-5-19(18)24-21/h2-12H,1H3,(H,23,24)/b15-12-. The van der Waals surface area contributed by atoms with Crippen LogP contribution in [0.5, 0.6) is 0 Å². The van der Waals surface area contributed by atoms with Crippen molar-refractivity contribution in [2.45, 2.75) is 16.9 Å². The second-order valence-electron chi connectivity index (χ2n) is 5.84. The third-order valence-electron chi connectivity index (χ3n) is 3.89. The van der Waals surface area contributed by atoms with Crippen molar-refractivity contribution in [2.24, 2.45) is 0 Å². The Morgan fingerprint density at radius 1 is 1.12 bits per heavy atom. The number of aromatic nitrogens is 2. The minimum Gasteiger partial charge on any atom is -0.450 e. The molecule has 4 aromatic rings. The Bertz CT molecular complexity index is 1100. The number of furan rings is 1. The Labute approximate surface area is 155 Å². The summed E-state index contributed by atoms with van der Waals surface area (Å²) in [7, 11) is 0. The highest BCUT2D eigenvalue weighted by Gasteiger charge is 2.09. The van der Waals surface area contributed by atoms with Crippen molar-refractivity contribution in [2.75, 3.05) is 0 Å². The van der Waals surface area contributed by atoms with Crippen LogP contribution in [0.3, 0.4) is 0 Å². The Morgan fingerprint density at radius 2 is 1.92 bits per heavy atom. The number of allylic oxidation sites excluding steroid dienone is 1. The highest BCUT2D eigenvalue weighted by atomic mass is 32.2. The fourth-order valence-corrected chi connectivity index (χ4v) is 3.34. The number of H-pyrrole nitrogens is 1. The van der Waals surface area contributed by atoms with Crippen molar-refractivity contribution in [3.63, 3.8) is 0 Å². The van der Waals surface area contributed by atoms with Gasteiger partial charge >= 0.3 is 0 Å². The van der Waals surface area contributed by atoms with Crippen LogP contribution in [-0.2, 0) is 0 Å². The molecule has 5 heteroatoms. The Morgan fingerprint density at radius 3 is 2.69 bits per heavy atom. The lowest BCUT2D eigenvalue weighted by Crippen LogP contribution is -1.84. The number of hydrogen-bond acceptors (Lipinski definition) is 4. The summed E-state index contributed by atoms with van der Waals surface area (Å²) in [5.74, 6) is 1.16. The number of rotatable bonds is 4. The van der Waals surface area contributed by atoms with Gasteiger partial charge in [0.25, 0.3) is 0 Å². The van der Waals surface area contributed by atoms with Crippen molar-refractivity contribution in [3.8, 4) is 6.07 Å². The molecular weight excluding hydrogens is 342 g/mol. The normalized spacial score (nSPS) is 11.6. The molecule has 0 bridgehead atoms. The molecule has 4 nitrogen and oxygen atoms in total. The maximum atomic E-state index is 9.51. The minimum atomic E-state index is 0.433. The highest BCUT2D eigenvalue weighted by Crippen LogP contribution is 2.30. The average molecular weight is 357 g/mol. The molecule has 4 rings (SSSR count). The van der Waals surface area contributed by atoms with Crippen LogP contribution in [0, 0.1) is 18.3 Å². The van der Waals surface area contributed by atoms with E-state index >= 15 is 0 Å². The van der Waals surface area contributed by atoms with Crippen LogP contribution in [-0.4, -0.2) is 9.97 Å². The van der Waals surface area contributed by atoms with E-state index in [2.05, 4.69) is 47.2 Å². The molecule has 2 aromatic heterocycles. The van der Waals surface area contributed by atoms with Gasteiger partial charge in [-0.1, -0.05) is 41.6 Å². The van der Waals surface area contributed by atoms with Gasteiger partial charge in [0.15, 0.2) is 5.09 Å². The van der Waals surface area contributed by atoms with E-state index in [0.29, 0.717) is 17.2 Å². The molecule has 26 heavy (non-hydrogen) atoms. The molecule has 2 heterocycles. The van der Waals surface area contributed by atoms with Crippen LogP contribution in [0.4, 0.5) is 0 Å². The van der Waals surface area contributed by atoms with Crippen LogP contribution >= 0.6 is 11.8 Å². The highest BCUT2D eigenvalue weighted by molar-refractivity contribution is 7.99. The lowest BCUT2D eigenvalue weighted by Gasteiger charge is -1.98. The van der Waals surface area contributed by atoms with Gasteiger partial charge in [-0.3, -0.25) is 0 Å². The second kappa shape index (κ2) is 6.95. The molecular formula is C21H15N3OS. The summed E-state index contributed by atoms with van der Waals surface area (Å²) < 4.78 is 5.84. The molecule has 0 spiro atoms. The summed E-state index contributed by atoms with van der Waals surface area (Å²) in [6.07, 6.45) is 1.71. The molecule has 0 fully saturated rings. The number of benzene rings is 2. The molecule has 0 aliphatic heterocycles. The maximum Gasteiger partial charge on any atom is 0.165 e. The SMILES string of the molecule is Cc1ccc(Sc2ccc(/C=C(/C#N)c3nc4ccccc4[nH]3)o2)cc1. The van der Waals surface area contributed by atoms with Gasteiger partial charge in [-0.2, -0.15) is 5.26 Å². The van der Waals surface area contributed by atoms with Gasteiger partial charge in [0.05, 0.1) is 16.6 Å². The second-order valence-corrected chi connectivity index (χ2v) is 6.92. The summed E-state index contributed by atoms with van der Waals surface area (Å²) in [6.45, 7) is 2.06. The Balaban J connectivity index is 1.59. The van der Waals surface area contributed by atoms with Crippen LogP contribution in [0.1, 0.15) is 17.1 Å². The zero-order valence-corrected chi connectivity index (χ0v) is 14.9. The van der Waals surface area contributed by atoms with E-state index in [1.165, 1.54) is 5.56 Å². The zero-order chi connectivity index (χ0) is 17.9. The lowest BCUT2D eigenvalue weighted by atomic mass is 10.2. The molecule has 0 atom stereocenters. The number of aryl methyl sites for hydroxylation is 1. The van der Waals surface area contributed by atoms with E-state index in [-0.39, 0.29) is 0 Å². The van der Waals surface area contributed by atoms with Gasteiger partial charge in [-0.15, -0.1) is 0 Å². The number of fused-ring (bicyclic) bond motifs is 1. The molecule has 0 aliphatic rings. The molecule has 0 unspecified atom stereocenters. The van der Waals surface area contributed by atoms with E-state index in [4.69, 9.17) is 4.42 Å². The maximum absolute atomic E-state index is 9.51. The molecule has 0 saturated carbocycles. The summed E-state index contributed by atoms with van der Waals surface area (Å²) in [5, 5.41) is 10.3. The molecule has 1 N–H and O–H groups in total. The molecule has 126 valence electrons. The smallest absolute Gasteiger partial charge is 0.165 e. The quantitative estimate of drug-likeness (QED) is 0.477. The first kappa shape index (κ1) is 16.2. The first-order chi connectivity index (χ1) is 12.7. The summed E-state index contributed by atoms with van der Waals surface area (Å²) in [6, 6.07) is 21.9. The van der Waals surface area contributed by atoms with E-state index in [1.54, 1.807) is 17.8 Å². The molecule has 2 aromatic carbocycles. The van der Waals surface area contributed by atoms with Gasteiger partial charge in [-0.05, 0) is 43.3 Å². The Kier molecular flexibility index (Phi) is 4.34. The van der Waals surface area contributed by atoms with Crippen LogP contribution in [0.15, 0.2) is 75.1 Å². The number of nitrogens with one attached hydrogen (secondary N) is 1.